The molecule has 0 saturated carbocycles. The monoisotopic (exact) mass is 339 g/mol. The van der Waals surface area contributed by atoms with Crippen LogP contribution in [-0.2, 0) is 22.5 Å². The summed E-state index contributed by atoms with van der Waals surface area (Å²) in [5.41, 5.74) is 2.57. The Morgan fingerprint density at radius 1 is 1.00 bits per heavy atom. The number of hydrogen-bond acceptors (Lipinski definition) is 3. The molecule has 3 nitrogen and oxygen atoms in total. The molecule has 0 aliphatic rings. The molecule has 0 aliphatic heterocycles. The normalized spacial score (nSPS) is 13.2. The van der Waals surface area contributed by atoms with Gasteiger partial charge in [0.2, 0.25) is 0 Å². The molecule has 0 spiro atoms. The van der Waals surface area contributed by atoms with Crippen molar-refractivity contribution in [3.63, 3.8) is 0 Å². The van der Waals surface area contributed by atoms with E-state index in [1.54, 1.807) is 0 Å². The summed E-state index contributed by atoms with van der Waals surface area (Å²) in [6.45, 7) is 5.46. The van der Waals surface area contributed by atoms with E-state index < -0.39 is 0 Å². The first kappa shape index (κ1) is 19.2. The van der Waals surface area contributed by atoms with E-state index in [9.17, 15) is 4.79 Å². The van der Waals surface area contributed by atoms with E-state index in [0.29, 0.717) is 5.92 Å². The van der Waals surface area contributed by atoms with E-state index >= 15 is 0 Å². The molecule has 0 bridgehead atoms. The van der Waals surface area contributed by atoms with Crippen LogP contribution in [0.1, 0.15) is 37.8 Å². The first-order valence-electron chi connectivity index (χ1n) is 9.11. The maximum Gasteiger partial charge on any atom is 0.302 e. The number of benzene rings is 2. The fourth-order valence-electron chi connectivity index (χ4n) is 3.05. The van der Waals surface area contributed by atoms with Gasteiger partial charge in [-0.1, -0.05) is 67.6 Å². The second kappa shape index (κ2) is 10.7. The van der Waals surface area contributed by atoms with Gasteiger partial charge in [-0.15, -0.1) is 0 Å². The molecule has 0 aliphatic carbocycles. The highest BCUT2D eigenvalue weighted by Crippen LogP contribution is 2.19. The molecule has 2 aromatic rings. The van der Waals surface area contributed by atoms with Crippen molar-refractivity contribution in [1.82, 2.24) is 5.32 Å². The third kappa shape index (κ3) is 7.53. The molecule has 0 fully saturated rings. The van der Waals surface area contributed by atoms with Crippen LogP contribution in [0.25, 0.3) is 0 Å². The van der Waals surface area contributed by atoms with E-state index in [1.807, 2.05) is 12.1 Å². The molecule has 0 heterocycles. The Kier molecular flexibility index (Phi) is 8.20. The maximum atomic E-state index is 11.4. The van der Waals surface area contributed by atoms with E-state index in [4.69, 9.17) is 4.74 Å². The highest BCUT2D eigenvalue weighted by Gasteiger charge is 2.20. The molecule has 2 aromatic carbocycles. The quantitative estimate of drug-likeness (QED) is 0.516. The zero-order chi connectivity index (χ0) is 17.9. The zero-order valence-electron chi connectivity index (χ0n) is 15.3. The average Bonchev–Trinajstić information content (AvgIpc) is 2.62. The molecule has 0 aromatic heterocycles. The molecule has 0 amide bonds. The van der Waals surface area contributed by atoms with Crippen molar-refractivity contribution in [2.24, 2.45) is 5.92 Å². The number of carbonyl (C=O) groups excluding carboxylic acids is 1. The molecule has 25 heavy (non-hydrogen) atoms. The van der Waals surface area contributed by atoms with Crippen LogP contribution in [0, 0.1) is 5.92 Å². The van der Waals surface area contributed by atoms with Gasteiger partial charge < -0.3 is 10.1 Å². The van der Waals surface area contributed by atoms with Crippen LogP contribution < -0.4 is 5.32 Å². The van der Waals surface area contributed by atoms with Gasteiger partial charge in [0, 0.05) is 13.5 Å². The third-order valence-corrected chi connectivity index (χ3v) is 4.37. The van der Waals surface area contributed by atoms with Crippen LogP contribution in [0.5, 0.6) is 0 Å². The van der Waals surface area contributed by atoms with Crippen molar-refractivity contribution < 1.29 is 9.53 Å². The smallest absolute Gasteiger partial charge is 0.302 e. The minimum atomic E-state index is -0.192. The minimum absolute atomic E-state index is 0.0313. The largest absolute Gasteiger partial charge is 0.462 e. The number of rotatable bonds is 10. The summed E-state index contributed by atoms with van der Waals surface area (Å²) in [5, 5.41) is 3.46. The molecule has 2 rings (SSSR count). The summed E-state index contributed by atoms with van der Waals surface area (Å²) in [6.07, 6.45) is 2.77. The number of hydrogen-bond donors (Lipinski definition) is 1. The summed E-state index contributed by atoms with van der Waals surface area (Å²) in [7, 11) is 0. The van der Waals surface area contributed by atoms with Gasteiger partial charge in [-0.05, 0) is 42.9 Å². The summed E-state index contributed by atoms with van der Waals surface area (Å²) in [5.74, 6) is 0.113. The first-order chi connectivity index (χ1) is 12.1. The molecule has 134 valence electrons. The second-order valence-corrected chi connectivity index (χ2v) is 6.62. The van der Waals surface area contributed by atoms with Gasteiger partial charge >= 0.3 is 5.97 Å². The van der Waals surface area contributed by atoms with Crippen LogP contribution in [0.2, 0.25) is 0 Å². The Bertz CT molecular complexity index is 612. The Balaban J connectivity index is 1.76. The molecule has 0 saturated heterocycles. The van der Waals surface area contributed by atoms with Gasteiger partial charge in [0.05, 0.1) is 0 Å². The van der Waals surface area contributed by atoms with Crippen LogP contribution >= 0.6 is 0 Å². The van der Waals surface area contributed by atoms with Crippen LogP contribution in [0.15, 0.2) is 60.7 Å². The lowest BCUT2D eigenvalue weighted by molar-refractivity contribution is -0.149. The fraction of sp³-hybridized carbons (Fsp3) is 0.409. The Morgan fingerprint density at radius 3 is 2.20 bits per heavy atom. The van der Waals surface area contributed by atoms with Crippen LogP contribution in [-0.4, -0.2) is 18.6 Å². The summed E-state index contributed by atoms with van der Waals surface area (Å²) in [6, 6.07) is 20.8. The number of nitrogens with one attached hydrogen (secondary N) is 1. The van der Waals surface area contributed by atoms with Crippen molar-refractivity contribution >= 4 is 5.97 Å². The predicted molar refractivity (Wildman–Crippen MR) is 102 cm³/mol. The number of carbonyl (C=O) groups is 1. The third-order valence-electron chi connectivity index (χ3n) is 4.37. The van der Waals surface area contributed by atoms with Crippen molar-refractivity contribution in [3.8, 4) is 0 Å². The van der Waals surface area contributed by atoms with E-state index in [0.717, 1.165) is 32.4 Å². The van der Waals surface area contributed by atoms with Crippen LogP contribution in [0.3, 0.4) is 0 Å². The highest BCUT2D eigenvalue weighted by molar-refractivity contribution is 5.66. The van der Waals surface area contributed by atoms with Gasteiger partial charge in [0.1, 0.15) is 6.10 Å². The van der Waals surface area contributed by atoms with E-state index in [1.165, 1.54) is 18.1 Å². The second-order valence-electron chi connectivity index (χ2n) is 6.62. The van der Waals surface area contributed by atoms with Crippen molar-refractivity contribution in [3.05, 3.63) is 71.8 Å². The highest BCUT2D eigenvalue weighted by atomic mass is 16.5. The minimum Gasteiger partial charge on any atom is -0.462 e. The number of ether oxygens (including phenoxy) is 1. The lowest BCUT2D eigenvalue weighted by Gasteiger charge is -2.24. The zero-order valence-corrected chi connectivity index (χ0v) is 15.3. The number of esters is 1. The SMILES string of the molecule is CC(=O)OC(CCCNCc1ccccc1)C(C)Cc1ccccc1. The standard InChI is InChI=1S/C22H29NO2/c1-18(16-20-10-5-3-6-11-20)22(25-19(2)24)14-9-15-23-17-21-12-7-4-8-13-21/h3-8,10-13,18,22-23H,9,14-17H2,1-2H3. The van der Waals surface area contributed by atoms with Crippen molar-refractivity contribution in [1.29, 1.82) is 0 Å². The lowest BCUT2D eigenvalue weighted by atomic mass is 9.93. The summed E-state index contributed by atoms with van der Waals surface area (Å²) in [4.78, 5) is 11.4. The predicted octanol–water partition coefficient (Wildman–Crippen LogP) is 4.37. The molecular formula is C22H29NO2. The lowest BCUT2D eigenvalue weighted by Crippen LogP contribution is -2.27. The summed E-state index contributed by atoms with van der Waals surface area (Å²) >= 11 is 0. The molecule has 3 heteroatoms. The molecule has 2 unspecified atom stereocenters. The molecule has 1 N–H and O–H groups in total. The molecule has 2 atom stereocenters. The van der Waals surface area contributed by atoms with Crippen LogP contribution in [0.4, 0.5) is 0 Å². The Morgan fingerprint density at radius 2 is 1.60 bits per heavy atom. The Labute approximate surface area is 151 Å². The van der Waals surface area contributed by atoms with E-state index in [2.05, 4.69) is 60.8 Å². The van der Waals surface area contributed by atoms with Crippen molar-refractivity contribution in [2.75, 3.05) is 6.54 Å². The topological polar surface area (TPSA) is 38.3 Å². The average molecular weight is 339 g/mol. The molecule has 0 radical (unpaired) electrons. The van der Waals surface area contributed by atoms with Gasteiger partial charge in [0.15, 0.2) is 0 Å². The van der Waals surface area contributed by atoms with Gasteiger partial charge in [0.25, 0.3) is 0 Å². The van der Waals surface area contributed by atoms with Gasteiger partial charge in [-0.2, -0.15) is 0 Å². The molecular weight excluding hydrogens is 310 g/mol. The first-order valence-corrected chi connectivity index (χ1v) is 9.11. The van der Waals surface area contributed by atoms with Crippen molar-refractivity contribution in [2.45, 2.75) is 45.8 Å². The van der Waals surface area contributed by atoms with E-state index in [-0.39, 0.29) is 12.1 Å². The van der Waals surface area contributed by atoms with Gasteiger partial charge in [-0.25, -0.2) is 0 Å². The Hall–Kier alpha value is -2.13. The fourth-order valence-corrected chi connectivity index (χ4v) is 3.05. The maximum absolute atomic E-state index is 11.4. The van der Waals surface area contributed by atoms with Gasteiger partial charge in [-0.3, -0.25) is 4.79 Å². The summed E-state index contributed by atoms with van der Waals surface area (Å²) < 4.78 is 5.58.